The van der Waals surface area contributed by atoms with Gasteiger partial charge in [0, 0.05) is 22.4 Å². The van der Waals surface area contributed by atoms with Crippen LogP contribution in [0.5, 0.6) is 0 Å². The molecule has 0 saturated heterocycles. The van der Waals surface area contributed by atoms with Gasteiger partial charge >= 0.3 is 0 Å². The second kappa shape index (κ2) is 8.77. The molecule has 1 N–H and O–H groups in total. The smallest absolute Gasteiger partial charge is 0.250 e. The van der Waals surface area contributed by atoms with Crippen molar-refractivity contribution in [2.75, 3.05) is 5.32 Å². The number of carbonyl (C=O) groups excluding carboxylic acids is 1. The van der Waals surface area contributed by atoms with Crippen molar-refractivity contribution in [1.29, 1.82) is 0 Å². The highest BCUT2D eigenvalue weighted by Crippen LogP contribution is 2.25. The maximum absolute atomic E-state index is 12.7. The van der Waals surface area contributed by atoms with Crippen LogP contribution in [0, 0.1) is 0 Å². The van der Waals surface area contributed by atoms with E-state index >= 15 is 0 Å². The average Bonchev–Trinajstić information content (AvgIpc) is 3.17. The van der Waals surface area contributed by atoms with Crippen LogP contribution in [0.15, 0.2) is 45.7 Å². The van der Waals surface area contributed by atoms with Gasteiger partial charge in [-0.05, 0) is 56.0 Å². The van der Waals surface area contributed by atoms with Gasteiger partial charge in [-0.2, -0.15) is 10.2 Å². The monoisotopic (exact) mass is 533 g/mol. The molecule has 0 bridgehead atoms. The molecular formula is C17H15Br2Cl2N5O. The lowest BCUT2D eigenvalue weighted by molar-refractivity contribution is -0.119. The summed E-state index contributed by atoms with van der Waals surface area (Å²) in [5, 5.41) is 12.6. The zero-order valence-electron chi connectivity index (χ0n) is 14.2. The third kappa shape index (κ3) is 4.93. The number of rotatable bonds is 6. The van der Waals surface area contributed by atoms with Crippen LogP contribution in [0.3, 0.4) is 0 Å². The molecule has 3 aromatic rings. The van der Waals surface area contributed by atoms with Gasteiger partial charge in [0.1, 0.15) is 6.04 Å². The summed E-state index contributed by atoms with van der Waals surface area (Å²) in [6.45, 7) is 2.38. The lowest BCUT2D eigenvalue weighted by Gasteiger charge is -2.14. The minimum absolute atomic E-state index is 0.191. The Morgan fingerprint density at radius 3 is 2.70 bits per heavy atom. The number of benzene rings is 1. The first-order chi connectivity index (χ1) is 12.9. The van der Waals surface area contributed by atoms with E-state index in [1.165, 1.54) is 0 Å². The molecule has 142 valence electrons. The third-order valence-corrected chi connectivity index (χ3v) is 5.46. The molecule has 0 aliphatic heterocycles. The van der Waals surface area contributed by atoms with E-state index < -0.39 is 6.04 Å². The molecule has 0 spiro atoms. The zero-order chi connectivity index (χ0) is 19.6. The highest BCUT2D eigenvalue weighted by Gasteiger charge is 2.21. The SMILES string of the molecule is CCC(C(=O)Nc1nn(Cc2ccc(Cl)cc2Cl)cc1Br)n1cc(Br)cn1. The first kappa shape index (κ1) is 20.4. The molecule has 0 aliphatic rings. The summed E-state index contributed by atoms with van der Waals surface area (Å²) < 4.78 is 4.81. The zero-order valence-corrected chi connectivity index (χ0v) is 18.8. The number of nitrogens with zero attached hydrogens (tertiary/aromatic N) is 4. The molecule has 10 heteroatoms. The second-order valence-electron chi connectivity index (χ2n) is 5.81. The van der Waals surface area contributed by atoms with E-state index in [2.05, 4.69) is 47.4 Å². The van der Waals surface area contributed by atoms with Crippen molar-refractivity contribution < 1.29 is 4.79 Å². The predicted octanol–water partition coefficient (Wildman–Crippen LogP) is 5.55. The Kier molecular flexibility index (Phi) is 6.62. The molecule has 27 heavy (non-hydrogen) atoms. The molecule has 3 rings (SSSR count). The fourth-order valence-electron chi connectivity index (χ4n) is 2.57. The average molecular weight is 536 g/mol. The Hall–Kier alpha value is -1.35. The lowest BCUT2D eigenvalue weighted by Crippen LogP contribution is -2.26. The van der Waals surface area contributed by atoms with Crippen molar-refractivity contribution in [3.63, 3.8) is 0 Å². The van der Waals surface area contributed by atoms with E-state index in [0.717, 1.165) is 10.0 Å². The van der Waals surface area contributed by atoms with Gasteiger partial charge in [-0.25, -0.2) is 0 Å². The van der Waals surface area contributed by atoms with Gasteiger partial charge in [0.05, 0.1) is 21.7 Å². The van der Waals surface area contributed by atoms with E-state index in [9.17, 15) is 4.79 Å². The fraction of sp³-hybridized carbons (Fsp3) is 0.235. The topological polar surface area (TPSA) is 64.7 Å². The molecule has 0 fully saturated rings. The van der Waals surface area contributed by atoms with Crippen molar-refractivity contribution in [3.05, 3.63) is 61.3 Å². The first-order valence-corrected chi connectivity index (χ1v) is 10.4. The standard InChI is InChI=1S/C17H15Br2Cl2N5O/c1-2-15(26-8-11(18)6-22-26)17(27)23-16-13(19)9-25(24-16)7-10-3-4-12(20)5-14(10)21/h3-6,8-9,15H,2,7H2,1H3,(H,23,24,27). The molecule has 0 aliphatic carbocycles. The molecule has 1 amide bonds. The Morgan fingerprint density at radius 1 is 1.30 bits per heavy atom. The summed E-state index contributed by atoms with van der Waals surface area (Å²) in [5.41, 5.74) is 0.877. The summed E-state index contributed by atoms with van der Waals surface area (Å²) >= 11 is 18.9. The Balaban J connectivity index is 1.75. The van der Waals surface area contributed by atoms with E-state index in [4.69, 9.17) is 23.2 Å². The van der Waals surface area contributed by atoms with Crippen LogP contribution < -0.4 is 5.32 Å². The summed E-state index contributed by atoms with van der Waals surface area (Å²) in [7, 11) is 0. The number of hydrogen-bond donors (Lipinski definition) is 1. The minimum Gasteiger partial charge on any atom is -0.306 e. The number of anilines is 1. The highest BCUT2D eigenvalue weighted by molar-refractivity contribution is 9.10. The molecule has 1 atom stereocenters. The number of amides is 1. The van der Waals surface area contributed by atoms with E-state index in [1.54, 1.807) is 40.1 Å². The number of nitrogens with one attached hydrogen (secondary N) is 1. The van der Waals surface area contributed by atoms with Crippen molar-refractivity contribution in [2.45, 2.75) is 25.9 Å². The highest BCUT2D eigenvalue weighted by atomic mass is 79.9. The van der Waals surface area contributed by atoms with Gasteiger partial charge < -0.3 is 5.32 Å². The number of aromatic nitrogens is 4. The third-order valence-electron chi connectivity index (χ3n) is 3.88. The molecule has 2 heterocycles. The molecule has 0 radical (unpaired) electrons. The van der Waals surface area contributed by atoms with Crippen LogP contribution in [0.4, 0.5) is 5.82 Å². The van der Waals surface area contributed by atoms with Crippen LogP contribution in [-0.4, -0.2) is 25.5 Å². The Labute approximate surface area is 183 Å². The number of hydrogen-bond acceptors (Lipinski definition) is 3. The molecule has 6 nitrogen and oxygen atoms in total. The first-order valence-electron chi connectivity index (χ1n) is 8.04. The van der Waals surface area contributed by atoms with Crippen molar-refractivity contribution in [2.24, 2.45) is 0 Å². The van der Waals surface area contributed by atoms with Crippen LogP contribution in [0.25, 0.3) is 0 Å². The van der Waals surface area contributed by atoms with E-state index in [0.29, 0.717) is 33.3 Å². The summed E-state index contributed by atoms with van der Waals surface area (Å²) in [4.78, 5) is 12.7. The minimum atomic E-state index is -0.431. The number of halogens is 4. The maximum atomic E-state index is 12.7. The van der Waals surface area contributed by atoms with Crippen molar-refractivity contribution in [1.82, 2.24) is 19.6 Å². The Morgan fingerprint density at radius 2 is 2.07 bits per heavy atom. The molecule has 2 aromatic heterocycles. The molecule has 1 aromatic carbocycles. The van der Waals surface area contributed by atoms with Crippen molar-refractivity contribution >= 4 is 66.8 Å². The summed E-state index contributed by atoms with van der Waals surface area (Å²) in [6.07, 6.45) is 5.80. The van der Waals surface area contributed by atoms with Crippen molar-refractivity contribution in [3.8, 4) is 0 Å². The van der Waals surface area contributed by atoms with E-state index in [1.807, 2.05) is 13.0 Å². The predicted molar refractivity (Wildman–Crippen MR) is 113 cm³/mol. The van der Waals surface area contributed by atoms with Gasteiger partial charge in [-0.3, -0.25) is 14.2 Å². The van der Waals surface area contributed by atoms with Crippen LogP contribution in [0.1, 0.15) is 24.9 Å². The normalized spacial score (nSPS) is 12.2. The van der Waals surface area contributed by atoms with Gasteiger partial charge in [0.25, 0.3) is 0 Å². The molecular weight excluding hydrogens is 521 g/mol. The van der Waals surface area contributed by atoms with E-state index in [-0.39, 0.29) is 5.91 Å². The summed E-state index contributed by atoms with van der Waals surface area (Å²) in [5.74, 6) is 0.248. The largest absolute Gasteiger partial charge is 0.306 e. The van der Waals surface area contributed by atoms with Crippen LogP contribution >= 0.6 is 55.1 Å². The van der Waals surface area contributed by atoms with Crippen LogP contribution in [-0.2, 0) is 11.3 Å². The Bertz CT molecular complexity index is 972. The second-order valence-corrected chi connectivity index (χ2v) is 8.42. The number of carbonyl (C=O) groups is 1. The lowest BCUT2D eigenvalue weighted by atomic mass is 10.2. The fourth-order valence-corrected chi connectivity index (χ4v) is 3.75. The van der Waals surface area contributed by atoms with Gasteiger partial charge in [0.2, 0.25) is 5.91 Å². The van der Waals surface area contributed by atoms with Gasteiger partial charge in [0.15, 0.2) is 5.82 Å². The molecule has 0 saturated carbocycles. The van der Waals surface area contributed by atoms with Crippen LogP contribution in [0.2, 0.25) is 10.0 Å². The van der Waals surface area contributed by atoms with Gasteiger partial charge in [-0.15, -0.1) is 0 Å². The maximum Gasteiger partial charge on any atom is 0.250 e. The quantitative estimate of drug-likeness (QED) is 0.450. The summed E-state index contributed by atoms with van der Waals surface area (Å²) in [6, 6.07) is 4.88. The molecule has 1 unspecified atom stereocenters. The van der Waals surface area contributed by atoms with Gasteiger partial charge in [-0.1, -0.05) is 36.2 Å².